The number of alkyl halides is 2. The Labute approximate surface area is 93.0 Å². The molecule has 0 radical (unpaired) electrons. The molecule has 0 unspecified atom stereocenters. The van der Waals surface area contributed by atoms with Gasteiger partial charge < -0.3 is 4.74 Å². The van der Waals surface area contributed by atoms with E-state index in [0.717, 1.165) is 0 Å². The number of methoxy groups -OCH3 is 1. The van der Waals surface area contributed by atoms with Gasteiger partial charge in [0.2, 0.25) is 0 Å². The third-order valence-electron chi connectivity index (χ3n) is 2.25. The zero-order valence-electron chi connectivity index (χ0n) is 8.85. The largest absolute Gasteiger partial charge is 0.496 e. The third kappa shape index (κ3) is 2.40. The van der Waals surface area contributed by atoms with Crippen LogP contribution in [0, 0.1) is 5.92 Å². The highest BCUT2D eigenvalue weighted by Crippen LogP contribution is 2.41. The Morgan fingerprint density at radius 2 is 1.93 bits per heavy atom. The van der Waals surface area contributed by atoms with Crippen LogP contribution in [0.4, 0.5) is 8.78 Å². The molecule has 1 rings (SSSR count). The maximum absolute atomic E-state index is 13.8. The van der Waals surface area contributed by atoms with E-state index in [1.807, 2.05) is 0 Å². The quantitative estimate of drug-likeness (QED) is 0.765. The summed E-state index contributed by atoms with van der Waals surface area (Å²) in [6, 6.07) is 4.23. The predicted octanol–water partition coefficient (Wildman–Crippen LogP) is 4.10. The monoisotopic (exact) mass is 234 g/mol. The summed E-state index contributed by atoms with van der Waals surface area (Å²) in [6.07, 6.45) is 0. The molecule has 0 N–H and O–H groups in total. The summed E-state index contributed by atoms with van der Waals surface area (Å²) in [5.74, 6) is -3.57. The van der Waals surface area contributed by atoms with Gasteiger partial charge in [-0.25, -0.2) is 8.78 Å². The van der Waals surface area contributed by atoms with Gasteiger partial charge in [-0.05, 0) is 18.2 Å². The van der Waals surface area contributed by atoms with Crippen LogP contribution in [-0.2, 0) is 5.92 Å². The molecule has 0 atom stereocenters. The van der Waals surface area contributed by atoms with Crippen LogP contribution >= 0.6 is 11.6 Å². The van der Waals surface area contributed by atoms with E-state index < -0.39 is 11.8 Å². The standard InChI is InChI=1S/C11H13ClF2O/c1-7(2)11(13,14)9-6-8(12)4-5-10(9)15-3/h4-7H,1-3H3. The maximum atomic E-state index is 13.8. The summed E-state index contributed by atoms with van der Waals surface area (Å²) >= 11 is 5.70. The highest BCUT2D eigenvalue weighted by atomic mass is 35.5. The molecule has 0 aromatic heterocycles. The molecule has 0 saturated heterocycles. The van der Waals surface area contributed by atoms with Gasteiger partial charge in [-0.15, -0.1) is 0 Å². The first-order valence-corrected chi connectivity index (χ1v) is 4.99. The molecule has 0 bridgehead atoms. The topological polar surface area (TPSA) is 9.23 Å². The van der Waals surface area contributed by atoms with Crippen LogP contribution < -0.4 is 4.74 Å². The Kier molecular flexibility index (Phi) is 3.55. The fourth-order valence-electron chi connectivity index (χ4n) is 1.25. The van der Waals surface area contributed by atoms with Crippen LogP contribution in [0.15, 0.2) is 18.2 Å². The Bertz CT molecular complexity index is 350. The number of benzene rings is 1. The summed E-state index contributed by atoms with van der Waals surface area (Å²) in [4.78, 5) is 0. The fourth-order valence-corrected chi connectivity index (χ4v) is 1.42. The lowest BCUT2D eigenvalue weighted by Crippen LogP contribution is -2.21. The van der Waals surface area contributed by atoms with Crippen LogP contribution in [0.2, 0.25) is 5.02 Å². The van der Waals surface area contributed by atoms with Gasteiger partial charge in [0.05, 0.1) is 12.7 Å². The summed E-state index contributed by atoms with van der Waals surface area (Å²) in [7, 11) is 1.36. The summed E-state index contributed by atoms with van der Waals surface area (Å²) in [5, 5.41) is 0.283. The van der Waals surface area contributed by atoms with Crippen molar-refractivity contribution in [3.8, 4) is 5.75 Å². The van der Waals surface area contributed by atoms with Crippen molar-refractivity contribution in [1.82, 2.24) is 0 Å². The van der Waals surface area contributed by atoms with Crippen LogP contribution in [0.3, 0.4) is 0 Å². The van der Waals surface area contributed by atoms with E-state index in [9.17, 15) is 8.78 Å². The van der Waals surface area contributed by atoms with Crippen molar-refractivity contribution in [3.63, 3.8) is 0 Å². The Morgan fingerprint density at radius 1 is 1.33 bits per heavy atom. The molecule has 0 aliphatic rings. The zero-order valence-corrected chi connectivity index (χ0v) is 9.61. The highest BCUT2D eigenvalue weighted by Gasteiger charge is 2.38. The van der Waals surface area contributed by atoms with Gasteiger partial charge in [0.1, 0.15) is 5.75 Å². The molecule has 1 nitrogen and oxygen atoms in total. The van der Waals surface area contributed by atoms with Gasteiger partial charge in [0.15, 0.2) is 0 Å². The van der Waals surface area contributed by atoms with Gasteiger partial charge in [-0.1, -0.05) is 25.4 Å². The summed E-state index contributed by atoms with van der Waals surface area (Å²) < 4.78 is 32.4. The maximum Gasteiger partial charge on any atom is 0.279 e. The minimum Gasteiger partial charge on any atom is -0.496 e. The van der Waals surface area contributed by atoms with Crippen LogP contribution in [0.1, 0.15) is 19.4 Å². The summed E-state index contributed by atoms with van der Waals surface area (Å²) in [6.45, 7) is 2.92. The average Bonchev–Trinajstić information content (AvgIpc) is 2.17. The Hall–Kier alpha value is -0.830. The number of hydrogen-bond acceptors (Lipinski definition) is 1. The normalized spacial score (nSPS) is 11.9. The van der Waals surface area contributed by atoms with Crippen molar-refractivity contribution in [2.45, 2.75) is 19.8 Å². The SMILES string of the molecule is COc1ccc(Cl)cc1C(F)(F)C(C)C. The molecule has 0 fully saturated rings. The molecule has 0 amide bonds. The van der Waals surface area contributed by atoms with Crippen LogP contribution in [0.5, 0.6) is 5.75 Å². The minimum absolute atomic E-state index is 0.160. The highest BCUT2D eigenvalue weighted by molar-refractivity contribution is 6.30. The van der Waals surface area contributed by atoms with Gasteiger partial charge >= 0.3 is 0 Å². The molecule has 0 spiro atoms. The van der Waals surface area contributed by atoms with Gasteiger partial charge in [-0.3, -0.25) is 0 Å². The first-order valence-electron chi connectivity index (χ1n) is 4.61. The van der Waals surface area contributed by atoms with Crippen LogP contribution in [-0.4, -0.2) is 7.11 Å². The van der Waals surface area contributed by atoms with Crippen LogP contribution in [0.25, 0.3) is 0 Å². The predicted molar refractivity (Wildman–Crippen MR) is 56.7 cm³/mol. The number of rotatable bonds is 3. The molecule has 0 saturated carbocycles. The molecule has 0 aliphatic heterocycles. The molecular formula is C11H13ClF2O. The van der Waals surface area contributed by atoms with Crippen molar-refractivity contribution in [3.05, 3.63) is 28.8 Å². The lowest BCUT2D eigenvalue weighted by atomic mass is 9.97. The van der Waals surface area contributed by atoms with Crippen molar-refractivity contribution >= 4 is 11.6 Å². The number of hydrogen-bond donors (Lipinski definition) is 0. The smallest absolute Gasteiger partial charge is 0.279 e. The lowest BCUT2D eigenvalue weighted by Gasteiger charge is -2.22. The van der Waals surface area contributed by atoms with Gasteiger partial charge in [0, 0.05) is 10.9 Å². The number of ether oxygens (including phenoxy) is 1. The Morgan fingerprint density at radius 3 is 2.40 bits per heavy atom. The second-order valence-electron chi connectivity index (χ2n) is 3.62. The molecular weight excluding hydrogens is 222 g/mol. The third-order valence-corrected chi connectivity index (χ3v) is 2.48. The van der Waals surface area contributed by atoms with E-state index >= 15 is 0 Å². The zero-order chi connectivity index (χ0) is 11.6. The van der Waals surface area contributed by atoms with E-state index in [4.69, 9.17) is 16.3 Å². The molecule has 4 heteroatoms. The fraction of sp³-hybridized carbons (Fsp3) is 0.455. The second kappa shape index (κ2) is 4.35. The Balaban J connectivity index is 3.28. The molecule has 15 heavy (non-hydrogen) atoms. The van der Waals surface area contributed by atoms with Gasteiger partial charge in [-0.2, -0.15) is 0 Å². The van der Waals surface area contributed by atoms with E-state index in [2.05, 4.69) is 0 Å². The molecule has 0 heterocycles. The molecule has 1 aromatic carbocycles. The lowest BCUT2D eigenvalue weighted by molar-refractivity contribution is -0.0530. The number of halogens is 3. The van der Waals surface area contributed by atoms with Crippen molar-refractivity contribution in [1.29, 1.82) is 0 Å². The second-order valence-corrected chi connectivity index (χ2v) is 4.06. The van der Waals surface area contributed by atoms with Crippen molar-refractivity contribution in [2.24, 2.45) is 5.92 Å². The average molecular weight is 235 g/mol. The first kappa shape index (κ1) is 12.2. The first-order chi connectivity index (χ1) is 6.89. The molecule has 1 aromatic rings. The van der Waals surface area contributed by atoms with Gasteiger partial charge in [0.25, 0.3) is 5.92 Å². The van der Waals surface area contributed by atoms with E-state index in [1.54, 1.807) is 0 Å². The molecule has 84 valence electrons. The van der Waals surface area contributed by atoms with Crippen molar-refractivity contribution in [2.75, 3.05) is 7.11 Å². The molecule has 0 aliphatic carbocycles. The van der Waals surface area contributed by atoms with Crippen molar-refractivity contribution < 1.29 is 13.5 Å². The van der Waals surface area contributed by atoms with E-state index in [1.165, 1.54) is 39.2 Å². The van der Waals surface area contributed by atoms with E-state index in [0.29, 0.717) is 0 Å². The van der Waals surface area contributed by atoms with E-state index in [-0.39, 0.29) is 16.3 Å². The minimum atomic E-state index is -2.93. The summed E-state index contributed by atoms with van der Waals surface area (Å²) in [5.41, 5.74) is -0.160.